The summed E-state index contributed by atoms with van der Waals surface area (Å²) in [7, 11) is 0. The van der Waals surface area contributed by atoms with Gasteiger partial charge in [0.15, 0.2) is 0 Å². The van der Waals surface area contributed by atoms with Crippen LogP contribution >= 0.6 is 0 Å². The second-order valence-corrected chi connectivity index (χ2v) is 6.20. The van der Waals surface area contributed by atoms with Gasteiger partial charge in [-0.1, -0.05) is 18.9 Å². The van der Waals surface area contributed by atoms with Crippen molar-refractivity contribution >= 4 is 5.91 Å². The van der Waals surface area contributed by atoms with Crippen molar-refractivity contribution in [3.05, 3.63) is 35.4 Å². The Bertz CT molecular complexity index is 531. The van der Waals surface area contributed by atoms with Gasteiger partial charge in [-0.15, -0.1) is 0 Å². The number of amides is 1. The molecule has 116 valence electrons. The van der Waals surface area contributed by atoms with Crippen molar-refractivity contribution in [3.63, 3.8) is 0 Å². The van der Waals surface area contributed by atoms with E-state index >= 15 is 0 Å². The first-order chi connectivity index (χ1) is 9.81. The summed E-state index contributed by atoms with van der Waals surface area (Å²) in [6, 6.07) is 2.86. The van der Waals surface area contributed by atoms with E-state index in [9.17, 15) is 13.6 Å². The molecule has 3 unspecified atom stereocenters. The third kappa shape index (κ3) is 3.59. The van der Waals surface area contributed by atoms with Crippen molar-refractivity contribution in [2.75, 3.05) is 0 Å². The molecule has 1 amide bonds. The van der Waals surface area contributed by atoms with Crippen molar-refractivity contribution in [2.45, 2.75) is 51.1 Å². The Labute approximate surface area is 123 Å². The van der Waals surface area contributed by atoms with Gasteiger partial charge in [0.25, 0.3) is 0 Å². The molecule has 0 spiro atoms. The summed E-state index contributed by atoms with van der Waals surface area (Å²) < 4.78 is 26.7. The van der Waals surface area contributed by atoms with E-state index in [0.29, 0.717) is 0 Å². The van der Waals surface area contributed by atoms with Crippen LogP contribution in [0.4, 0.5) is 8.78 Å². The maximum absolute atomic E-state index is 13.7. The van der Waals surface area contributed by atoms with Gasteiger partial charge in [-0.05, 0) is 32.8 Å². The van der Waals surface area contributed by atoms with E-state index in [4.69, 9.17) is 5.73 Å². The summed E-state index contributed by atoms with van der Waals surface area (Å²) in [6.45, 7) is 3.57. The molecule has 5 heteroatoms. The average Bonchev–Trinajstić information content (AvgIpc) is 2.37. The first-order valence-electron chi connectivity index (χ1n) is 7.35. The minimum atomic E-state index is -0.651. The van der Waals surface area contributed by atoms with Gasteiger partial charge < -0.3 is 11.1 Å². The molecule has 0 saturated heterocycles. The topological polar surface area (TPSA) is 55.1 Å². The van der Waals surface area contributed by atoms with Gasteiger partial charge in [0.2, 0.25) is 5.91 Å². The molecule has 1 saturated carbocycles. The van der Waals surface area contributed by atoms with Crippen molar-refractivity contribution in [3.8, 4) is 0 Å². The standard InChI is InChI=1S/C16H22F2N2O/c1-10(12-7-6-11(17)9-14(12)18)20-15(21)13-5-3-4-8-16(13,2)19/h6-7,9-10,13H,3-5,8,19H2,1-2H3,(H,20,21). The Morgan fingerprint density at radius 1 is 1.43 bits per heavy atom. The smallest absolute Gasteiger partial charge is 0.225 e. The number of hydrogen-bond acceptors (Lipinski definition) is 2. The zero-order valence-electron chi connectivity index (χ0n) is 12.5. The summed E-state index contributed by atoms with van der Waals surface area (Å²) in [5.41, 5.74) is 5.96. The predicted octanol–water partition coefficient (Wildman–Crippen LogP) is 3.05. The lowest BCUT2D eigenvalue weighted by atomic mass is 9.74. The fourth-order valence-electron chi connectivity index (χ4n) is 3.03. The normalized spacial score (nSPS) is 27.2. The zero-order valence-corrected chi connectivity index (χ0v) is 12.5. The van der Waals surface area contributed by atoms with Crippen LogP contribution in [-0.2, 0) is 4.79 Å². The van der Waals surface area contributed by atoms with Gasteiger partial charge in [-0.25, -0.2) is 8.78 Å². The lowest BCUT2D eigenvalue weighted by Crippen LogP contribution is -2.53. The number of carbonyl (C=O) groups is 1. The Morgan fingerprint density at radius 3 is 2.76 bits per heavy atom. The third-order valence-corrected chi connectivity index (χ3v) is 4.36. The zero-order chi connectivity index (χ0) is 15.6. The predicted molar refractivity (Wildman–Crippen MR) is 77.5 cm³/mol. The number of nitrogens with one attached hydrogen (secondary N) is 1. The Balaban J connectivity index is 2.08. The number of nitrogens with two attached hydrogens (primary N) is 1. The number of hydrogen-bond donors (Lipinski definition) is 2. The van der Waals surface area contributed by atoms with Crippen LogP contribution in [0.3, 0.4) is 0 Å². The summed E-state index contributed by atoms with van der Waals surface area (Å²) >= 11 is 0. The maximum Gasteiger partial charge on any atom is 0.225 e. The molecule has 3 N–H and O–H groups in total. The maximum atomic E-state index is 13.7. The highest BCUT2D eigenvalue weighted by Crippen LogP contribution is 2.32. The molecule has 0 heterocycles. The SMILES string of the molecule is CC(NC(=O)C1CCCCC1(C)N)c1ccc(F)cc1F. The van der Waals surface area contributed by atoms with E-state index in [0.717, 1.165) is 31.7 Å². The molecular weight excluding hydrogens is 274 g/mol. The van der Waals surface area contributed by atoms with E-state index in [1.165, 1.54) is 12.1 Å². The van der Waals surface area contributed by atoms with Crippen LogP contribution in [-0.4, -0.2) is 11.4 Å². The van der Waals surface area contributed by atoms with Gasteiger partial charge in [0, 0.05) is 17.2 Å². The van der Waals surface area contributed by atoms with Gasteiger partial charge >= 0.3 is 0 Å². The molecular formula is C16H22F2N2O. The van der Waals surface area contributed by atoms with E-state index in [-0.39, 0.29) is 17.4 Å². The molecule has 21 heavy (non-hydrogen) atoms. The van der Waals surface area contributed by atoms with Crippen molar-refractivity contribution in [1.29, 1.82) is 0 Å². The van der Waals surface area contributed by atoms with E-state index < -0.39 is 23.2 Å². The van der Waals surface area contributed by atoms with Gasteiger partial charge in [-0.2, -0.15) is 0 Å². The van der Waals surface area contributed by atoms with Gasteiger partial charge in [0.05, 0.1) is 12.0 Å². The van der Waals surface area contributed by atoms with Crippen LogP contribution in [0.1, 0.15) is 51.1 Å². The summed E-state index contributed by atoms with van der Waals surface area (Å²) in [5.74, 6) is -1.70. The van der Waals surface area contributed by atoms with Crippen LogP contribution in [0, 0.1) is 17.6 Å². The average molecular weight is 296 g/mol. The molecule has 3 atom stereocenters. The van der Waals surface area contributed by atoms with Gasteiger partial charge in [0.1, 0.15) is 11.6 Å². The number of rotatable bonds is 3. The fourth-order valence-corrected chi connectivity index (χ4v) is 3.03. The second-order valence-electron chi connectivity index (χ2n) is 6.20. The summed E-state index contributed by atoms with van der Waals surface area (Å²) in [4.78, 5) is 12.4. The molecule has 1 aromatic rings. The van der Waals surface area contributed by atoms with E-state index in [2.05, 4.69) is 5.32 Å². The second kappa shape index (κ2) is 6.10. The van der Waals surface area contributed by atoms with Crippen LogP contribution in [0.5, 0.6) is 0 Å². The summed E-state index contributed by atoms with van der Waals surface area (Å²) in [5, 5.41) is 2.80. The van der Waals surface area contributed by atoms with Crippen LogP contribution < -0.4 is 11.1 Å². The van der Waals surface area contributed by atoms with E-state index in [1.807, 2.05) is 6.92 Å². The highest BCUT2D eigenvalue weighted by atomic mass is 19.1. The lowest BCUT2D eigenvalue weighted by Gasteiger charge is -2.37. The minimum absolute atomic E-state index is 0.157. The van der Waals surface area contributed by atoms with Crippen LogP contribution in [0.15, 0.2) is 18.2 Å². The monoisotopic (exact) mass is 296 g/mol. The molecule has 1 fully saturated rings. The quantitative estimate of drug-likeness (QED) is 0.900. The van der Waals surface area contributed by atoms with Crippen molar-refractivity contribution in [2.24, 2.45) is 11.7 Å². The molecule has 0 aromatic heterocycles. The number of carbonyl (C=O) groups excluding carboxylic acids is 1. The highest BCUT2D eigenvalue weighted by molar-refractivity contribution is 5.80. The van der Waals surface area contributed by atoms with E-state index in [1.54, 1.807) is 6.92 Å². The number of benzene rings is 1. The van der Waals surface area contributed by atoms with Crippen molar-refractivity contribution < 1.29 is 13.6 Å². The minimum Gasteiger partial charge on any atom is -0.349 e. The Morgan fingerprint density at radius 2 is 2.14 bits per heavy atom. The molecule has 0 bridgehead atoms. The molecule has 2 rings (SSSR count). The molecule has 1 aliphatic carbocycles. The Hall–Kier alpha value is -1.49. The largest absolute Gasteiger partial charge is 0.349 e. The first kappa shape index (κ1) is 15.9. The fraction of sp³-hybridized carbons (Fsp3) is 0.562. The molecule has 0 radical (unpaired) electrons. The summed E-state index contributed by atoms with van der Waals surface area (Å²) in [6.07, 6.45) is 3.56. The number of halogens is 2. The third-order valence-electron chi connectivity index (χ3n) is 4.36. The molecule has 3 nitrogen and oxygen atoms in total. The van der Waals surface area contributed by atoms with Crippen LogP contribution in [0.2, 0.25) is 0 Å². The van der Waals surface area contributed by atoms with Crippen LogP contribution in [0.25, 0.3) is 0 Å². The molecule has 0 aliphatic heterocycles. The van der Waals surface area contributed by atoms with Crippen molar-refractivity contribution in [1.82, 2.24) is 5.32 Å². The highest BCUT2D eigenvalue weighted by Gasteiger charge is 2.38. The Kier molecular flexibility index (Phi) is 4.61. The molecule has 1 aliphatic rings. The van der Waals surface area contributed by atoms with Gasteiger partial charge in [-0.3, -0.25) is 4.79 Å². The lowest BCUT2D eigenvalue weighted by molar-refractivity contribution is -0.128. The molecule has 1 aromatic carbocycles. The first-order valence-corrected chi connectivity index (χ1v) is 7.35.